The van der Waals surface area contributed by atoms with Crippen LogP contribution in [0, 0.1) is 5.92 Å². The summed E-state index contributed by atoms with van der Waals surface area (Å²) in [6, 6.07) is 3.51. The lowest BCUT2D eigenvalue weighted by molar-refractivity contribution is 0.0138. The van der Waals surface area contributed by atoms with E-state index in [4.69, 9.17) is 15.2 Å². The van der Waals surface area contributed by atoms with E-state index in [0.29, 0.717) is 30.6 Å². The van der Waals surface area contributed by atoms with Crippen LogP contribution in [-0.2, 0) is 4.74 Å². The van der Waals surface area contributed by atoms with Gasteiger partial charge in [-0.15, -0.1) is 0 Å². The van der Waals surface area contributed by atoms with Crippen LogP contribution in [-0.4, -0.2) is 41.3 Å². The molecule has 1 aliphatic rings. The third-order valence-corrected chi connectivity index (χ3v) is 3.40. The number of hydrogen-bond donors (Lipinski definition) is 1. The summed E-state index contributed by atoms with van der Waals surface area (Å²) in [5.74, 6) is 0.851. The Morgan fingerprint density at radius 1 is 1.45 bits per heavy atom. The molecule has 0 radical (unpaired) electrons. The minimum absolute atomic E-state index is 0.247. The predicted octanol–water partition coefficient (Wildman–Crippen LogP) is 2.69. The highest BCUT2D eigenvalue weighted by Gasteiger charge is 2.27. The molecule has 1 saturated heterocycles. The van der Waals surface area contributed by atoms with Crippen molar-refractivity contribution in [2.45, 2.75) is 39.2 Å². The third-order valence-electron chi connectivity index (χ3n) is 3.40. The molecule has 1 amide bonds. The van der Waals surface area contributed by atoms with Crippen molar-refractivity contribution in [1.82, 2.24) is 9.88 Å². The topological polar surface area (TPSA) is 77.7 Å². The van der Waals surface area contributed by atoms with Gasteiger partial charge >= 0.3 is 6.09 Å². The van der Waals surface area contributed by atoms with E-state index in [2.05, 4.69) is 4.98 Å². The summed E-state index contributed by atoms with van der Waals surface area (Å²) < 4.78 is 11.1. The number of aromatic nitrogens is 1. The van der Waals surface area contributed by atoms with E-state index < -0.39 is 5.60 Å². The Morgan fingerprint density at radius 3 is 2.86 bits per heavy atom. The molecule has 0 bridgehead atoms. The molecule has 1 atom stereocenters. The molecular formula is C16H25N3O3. The Kier molecular flexibility index (Phi) is 5.11. The third kappa shape index (κ3) is 5.09. The van der Waals surface area contributed by atoms with Crippen LogP contribution in [0.5, 0.6) is 5.88 Å². The molecule has 22 heavy (non-hydrogen) atoms. The number of pyridine rings is 1. The average molecular weight is 307 g/mol. The zero-order valence-electron chi connectivity index (χ0n) is 13.5. The van der Waals surface area contributed by atoms with Gasteiger partial charge in [0, 0.05) is 25.1 Å². The maximum atomic E-state index is 12.1. The summed E-state index contributed by atoms with van der Waals surface area (Å²) in [5.41, 5.74) is 5.74. The number of nitrogen functional groups attached to an aromatic ring is 1. The lowest BCUT2D eigenvalue weighted by Crippen LogP contribution is -2.44. The predicted molar refractivity (Wildman–Crippen MR) is 84.7 cm³/mol. The molecule has 1 fully saturated rings. The van der Waals surface area contributed by atoms with Crippen molar-refractivity contribution in [3.63, 3.8) is 0 Å². The van der Waals surface area contributed by atoms with Crippen LogP contribution < -0.4 is 10.5 Å². The largest absolute Gasteiger partial charge is 0.477 e. The van der Waals surface area contributed by atoms with E-state index >= 15 is 0 Å². The number of carbonyl (C=O) groups is 1. The van der Waals surface area contributed by atoms with Crippen LogP contribution in [0.15, 0.2) is 18.3 Å². The first-order chi connectivity index (χ1) is 10.3. The van der Waals surface area contributed by atoms with Gasteiger partial charge in [-0.05, 0) is 39.7 Å². The molecule has 0 saturated carbocycles. The quantitative estimate of drug-likeness (QED) is 0.929. The highest BCUT2D eigenvalue weighted by Crippen LogP contribution is 2.20. The van der Waals surface area contributed by atoms with E-state index in [1.54, 1.807) is 23.2 Å². The second kappa shape index (κ2) is 6.85. The van der Waals surface area contributed by atoms with Gasteiger partial charge in [-0.3, -0.25) is 0 Å². The standard InChI is InChI=1S/C16H25N3O3/c1-16(2,3)22-15(20)19-8-4-5-12(10-19)11-21-14-7-6-13(17)9-18-14/h6-7,9,12H,4-5,8,10-11,17H2,1-3H3/t12-/m0/s1. The van der Waals surface area contributed by atoms with Crippen LogP contribution >= 0.6 is 0 Å². The zero-order valence-corrected chi connectivity index (χ0v) is 13.5. The van der Waals surface area contributed by atoms with Gasteiger partial charge in [0.25, 0.3) is 0 Å². The number of anilines is 1. The normalized spacial score (nSPS) is 18.9. The molecule has 0 spiro atoms. The van der Waals surface area contributed by atoms with Gasteiger partial charge in [0.05, 0.1) is 18.5 Å². The lowest BCUT2D eigenvalue weighted by atomic mass is 9.99. The van der Waals surface area contributed by atoms with Gasteiger partial charge in [0.1, 0.15) is 5.60 Å². The van der Waals surface area contributed by atoms with Crippen LogP contribution in [0.25, 0.3) is 0 Å². The van der Waals surface area contributed by atoms with Crippen molar-refractivity contribution >= 4 is 11.8 Å². The maximum absolute atomic E-state index is 12.1. The number of piperidine rings is 1. The SMILES string of the molecule is CC(C)(C)OC(=O)N1CCC[C@H](COc2ccc(N)cn2)C1. The highest BCUT2D eigenvalue weighted by atomic mass is 16.6. The highest BCUT2D eigenvalue weighted by molar-refractivity contribution is 5.68. The maximum Gasteiger partial charge on any atom is 0.410 e. The number of carbonyl (C=O) groups excluding carboxylic acids is 1. The molecule has 6 heteroatoms. The Labute approximate surface area is 131 Å². The smallest absolute Gasteiger partial charge is 0.410 e. The van der Waals surface area contributed by atoms with Gasteiger partial charge in [0.15, 0.2) is 0 Å². The Balaban J connectivity index is 1.82. The molecule has 2 N–H and O–H groups in total. The summed E-state index contributed by atoms with van der Waals surface area (Å²) in [7, 11) is 0. The molecule has 1 aromatic heterocycles. The second-order valence-electron chi connectivity index (χ2n) is 6.68. The van der Waals surface area contributed by atoms with Crippen LogP contribution in [0.4, 0.5) is 10.5 Å². The van der Waals surface area contributed by atoms with Gasteiger partial charge in [0.2, 0.25) is 5.88 Å². The first kappa shape index (κ1) is 16.4. The molecule has 1 aromatic rings. The number of nitrogens with zero attached hydrogens (tertiary/aromatic N) is 2. The summed E-state index contributed by atoms with van der Waals surface area (Å²) >= 11 is 0. The van der Waals surface area contributed by atoms with E-state index in [0.717, 1.165) is 19.4 Å². The first-order valence-corrected chi connectivity index (χ1v) is 7.66. The summed E-state index contributed by atoms with van der Waals surface area (Å²) in [5, 5.41) is 0. The molecule has 0 aromatic carbocycles. The van der Waals surface area contributed by atoms with E-state index in [-0.39, 0.29) is 6.09 Å². The van der Waals surface area contributed by atoms with E-state index in [9.17, 15) is 4.79 Å². The Morgan fingerprint density at radius 2 is 2.23 bits per heavy atom. The van der Waals surface area contributed by atoms with Crippen molar-refractivity contribution in [3.05, 3.63) is 18.3 Å². The van der Waals surface area contributed by atoms with Crippen molar-refractivity contribution in [3.8, 4) is 5.88 Å². The van der Waals surface area contributed by atoms with Crippen LogP contribution in [0.2, 0.25) is 0 Å². The van der Waals surface area contributed by atoms with Crippen LogP contribution in [0.3, 0.4) is 0 Å². The number of likely N-dealkylation sites (tertiary alicyclic amines) is 1. The number of ether oxygens (including phenoxy) is 2. The molecular weight excluding hydrogens is 282 g/mol. The zero-order chi connectivity index (χ0) is 16.2. The minimum Gasteiger partial charge on any atom is -0.477 e. The fourth-order valence-corrected chi connectivity index (χ4v) is 2.37. The molecule has 0 unspecified atom stereocenters. The number of rotatable bonds is 3. The number of amides is 1. The van der Waals surface area contributed by atoms with E-state index in [1.165, 1.54) is 0 Å². The molecule has 2 rings (SSSR count). The van der Waals surface area contributed by atoms with Crippen molar-refractivity contribution < 1.29 is 14.3 Å². The van der Waals surface area contributed by atoms with Gasteiger partial charge < -0.3 is 20.1 Å². The average Bonchev–Trinajstić information content (AvgIpc) is 2.45. The lowest BCUT2D eigenvalue weighted by Gasteiger charge is -2.33. The van der Waals surface area contributed by atoms with Crippen molar-refractivity contribution in [2.75, 3.05) is 25.4 Å². The summed E-state index contributed by atoms with van der Waals surface area (Å²) in [4.78, 5) is 18.0. The Bertz CT molecular complexity index is 496. The summed E-state index contributed by atoms with van der Waals surface area (Å²) in [6.45, 7) is 7.57. The molecule has 122 valence electrons. The molecule has 2 heterocycles. The number of nitrogens with two attached hydrogens (primary N) is 1. The van der Waals surface area contributed by atoms with Gasteiger partial charge in [-0.25, -0.2) is 9.78 Å². The number of hydrogen-bond acceptors (Lipinski definition) is 5. The van der Waals surface area contributed by atoms with Crippen molar-refractivity contribution in [1.29, 1.82) is 0 Å². The fourth-order valence-electron chi connectivity index (χ4n) is 2.37. The summed E-state index contributed by atoms with van der Waals surface area (Å²) in [6.07, 6.45) is 3.32. The molecule has 0 aliphatic carbocycles. The van der Waals surface area contributed by atoms with Crippen molar-refractivity contribution in [2.24, 2.45) is 5.92 Å². The second-order valence-corrected chi connectivity index (χ2v) is 6.68. The fraction of sp³-hybridized carbons (Fsp3) is 0.625. The first-order valence-electron chi connectivity index (χ1n) is 7.66. The Hall–Kier alpha value is -1.98. The molecule has 6 nitrogen and oxygen atoms in total. The minimum atomic E-state index is -0.464. The van der Waals surface area contributed by atoms with Gasteiger partial charge in [-0.2, -0.15) is 0 Å². The molecule has 1 aliphatic heterocycles. The van der Waals surface area contributed by atoms with Crippen LogP contribution in [0.1, 0.15) is 33.6 Å². The monoisotopic (exact) mass is 307 g/mol. The van der Waals surface area contributed by atoms with Gasteiger partial charge in [-0.1, -0.05) is 0 Å². The van der Waals surface area contributed by atoms with E-state index in [1.807, 2.05) is 20.8 Å².